The maximum atomic E-state index is 13.0. The fourth-order valence-corrected chi connectivity index (χ4v) is 5.35. The molecule has 1 saturated heterocycles. The Bertz CT molecular complexity index is 1320. The Kier molecular flexibility index (Phi) is 5.38. The number of aryl methyl sites for hydroxylation is 3. The lowest BCUT2D eigenvalue weighted by Crippen LogP contribution is -2.24. The number of carbonyl (C=O) groups is 1. The summed E-state index contributed by atoms with van der Waals surface area (Å²) in [5, 5.41) is 0. The molecule has 1 aliphatic heterocycles. The summed E-state index contributed by atoms with van der Waals surface area (Å²) in [5.74, 6) is 1.20. The third-order valence-electron chi connectivity index (χ3n) is 6.45. The minimum Gasteiger partial charge on any atom is -0.323 e. The molecular weight excluding hydrogens is 462 g/mol. The Balaban J connectivity index is 1.56. The number of aromatic nitrogens is 2. The van der Waals surface area contributed by atoms with E-state index in [4.69, 9.17) is 4.98 Å². The number of anilines is 1. The van der Waals surface area contributed by atoms with Gasteiger partial charge in [0.2, 0.25) is 5.91 Å². The van der Waals surface area contributed by atoms with Gasteiger partial charge in [0.1, 0.15) is 5.82 Å². The highest BCUT2D eigenvalue weighted by Gasteiger charge is 2.35. The zero-order valence-electron chi connectivity index (χ0n) is 18.6. The maximum absolute atomic E-state index is 13.0. The van der Waals surface area contributed by atoms with Gasteiger partial charge >= 0.3 is 0 Å². The van der Waals surface area contributed by atoms with Gasteiger partial charge in [-0.1, -0.05) is 51.8 Å². The molecule has 4 nitrogen and oxygen atoms in total. The van der Waals surface area contributed by atoms with Crippen LogP contribution in [0.5, 0.6) is 0 Å². The van der Waals surface area contributed by atoms with Crippen molar-refractivity contribution in [1.82, 2.24) is 9.55 Å². The summed E-state index contributed by atoms with van der Waals surface area (Å²) in [6.45, 7) is 7.91. The van der Waals surface area contributed by atoms with Crippen molar-refractivity contribution in [3.63, 3.8) is 0 Å². The molecule has 1 atom stereocenters. The van der Waals surface area contributed by atoms with Gasteiger partial charge in [-0.2, -0.15) is 0 Å². The van der Waals surface area contributed by atoms with Gasteiger partial charge in [0, 0.05) is 35.6 Å². The van der Waals surface area contributed by atoms with Crippen molar-refractivity contribution in [3.05, 3.63) is 93.2 Å². The van der Waals surface area contributed by atoms with E-state index in [2.05, 4.69) is 71.6 Å². The number of nitrogens with zero attached hydrogens (tertiary/aromatic N) is 3. The lowest BCUT2D eigenvalue weighted by Gasteiger charge is -2.19. The van der Waals surface area contributed by atoms with Crippen LogP contribution in [0.15, 0.2) is 65.1 Å². The molecule has 0 aliphatic carbocycles. The Labute approximate surface area is 197 Å². The molecule has 1 amide bonds. The average molecular weight is 488 g/mol. The molecule has 0 saturated carbocycles. The highest BCUT2D eigenvalue weighted by atomic mass is 79.9. The molecule has 5 heteroatoms. The maximum Gasteiger partial charge on any atom is 0.227 e. The number of hydrogen-bond acceptors (Lipinski definition) is 2. The summed E-state index contributed by atoms with van der Waals surface area (Å²) >= 11 is 3.53. The minimum absolute atomic E-state index is 0.0555. The van der Waals surface area contributed by atoms with E-state index in [9.17, 15) is 4.79 Å². The van der Waals surface area contributed by atoms with Crippen LogP contribution >= 0.6 is 15.9 Å². The van der Waals surface area contributed by atoms with E-state index in [1.807, 2.05) is 35.2 Å². The Hall–Kier alpha value is -2.92. The van der Waals surface area contributed by atoms with Crippen molar-refractivity contribution < 1.29 is 4.79 Å². The van der Waals surface area contributed by atoms with Crippen molar-refractivity contribution in [1.29, 1.82) is 0 Å². The molecule has 162 valence electrons. The summed E-state index contributed by atoms with van der Waals surface area (Å²) in [7, 11) is 0. The second-order valence-corrected chi connectivity index (χ2v) is 9.72. The van der Waals surface area contributed by atoms with E-state index in [0.717, 1.165) is 33.6 Å². The van der Waals surface area contributed by atoms with Gasteiger partial charge in [-0.05, 0) is 67.8 Å². The average Bonchev–Trinajstić information content (AvgIpc) is 3.31. The number of para-hydroxylation sites is 2. The van der Waals surface area contributed by atoms with Crippen molar-refractivity contribution in [2.24, 2.45) is 0 Å². The van der Waals surface area contributed by atoms with E-state index in [0.29, 0.717) is 13.0 Å². The fourth-order valence-electron chi connectivity index (χ4n) is 4.96. The second kappa shape index (κ2) is 8.21. The normalized spacial score (nSPS) is 16.3. The first-order valence-electron chi connectivity index (χ1n) is 11.0. The lowest BCUT2D eigenvalue weighted by molar-refractivity contribution is -0.117. The van der Waals surface area contributed by atoms with Gasteiger partial charge < -0.3 is 9.47 Å². The summed E-state index contributed by atoms with van der Waals surface area (Å²) in [6.07, 6.45) is 0.474. The van der Waals surface area contributed by atoms with E-state index >= 15 is 0 Å². The zero-order valence-corrected chi connectivity index (χ0v) is 20.2. The van der Waals surface area contributed by atoms with Crippen LogP contribution < -0.4 is 4.90 Å². The van der Waals surface area contributed by atoms with E-state index in [1.165, 1.54) is 22.3 Å². The molecule has 0 bridgehead atoms. The van der Waals surface area contributed by atoms with Crippen LogP contribution in [0.4, 0.5) is 5.69 Å². The number of halogens is 1. The summed E-state index contributed by atoms with van der Waals surface area (Å²) < 4.78 is 3.30. The topological polar surface area (TPSA) is 38.1 Å². The molecule has 1 unspecified atom stereocenters. The van der Waals surface area contributed by atoms with Crippen LogP contribution in [0.3, 0.4) is 0 Å². The molecule has 3 aromatic carbocycles. The summed E-state index contributed by atoms with van der Waals surface area (Å²) in [4.78, 5) is 19.9. The number of rotatable bonds is 4. The lowest BCUT2D eigenvalue weighted by atomic mass is 9.99. The first-order chi connectivity index (χ1) is 15.4. The molecule has 5 rings (SSSR count). The molecule has 2 heterocycles. The number of benzene rings is 3. The van der Waals surface area contributed by atoms with Crippen molar-refractivity contribution >= 4 is 38.6 Å². The number of carbonyl (C=O) groups excluding carboxylic acids is 1. The van der Waals surface area contributed by atoms with Crippen LogP contribution in [0.25, 0.3) is 11.0 Å². The molecule has 32 heavy (non-hydrogen) atoms. The molecule has 0 N–H and O–H groups in total. The quantitative estimate of drug-likeness (QED) is 0.339. The van der Waals surface area contributed by atoms with Crippen LogP contribution in [-0.4, -0.2) is 22.0 Å². The summed E-state index contributed by atoms with van der Waals surface area (Å²) in [6, 6.07) is 20.7. The largest absolute Gasteiger partial charge is 0.323 e. The first kappa shape index (κ1) is 21.0. The fraction of sp³-hybridized carbons (Fsp3) is 0.259. The standard InChI is InChI=1S/C27H26BrN3O/c1-17-11-18(2)23(19(3)12-17)16-31-25-10-5-4-9-24(25)29-27(31)20-13-26(32)30(15-20)22-8-6-7-21(28)14-22/h4-12,14,20H,13,15-16H2,1-3H3. The zero-order chi connectivity index (χ0) is 22.4. The number of hydrogen-bond donors (Lipinski definition) is 0. The van der Waals surface area contributed by atoms with Crippen LogP contribution in [0.1, 0.15) is 40.4 Å². The highest BCUT2D eigenvalue weighted by Crippen LogP contribution is 2.34. The molecule has 0 spiro atoms. The number of amides is 1. The predicted molar refractivity (Wildman–Crippen MR) is 133 cm³/mol. The van der Waals surface area contributed by atoms with Gasteiger partial charge in [-0.3, -0.25) is 4.79 Å². The highest BCUT2D eigenvalue weighted by molar-refractivity contribution is 9.10. The van der Waals surface area contributed by atoms with Crippen molar-refractivity contribution in [3.8, 4) is 0 Å². The Morgan fingerprint density at radius 3 is 2.50 bits per heavy atom. The number of fused-ring (bicyclic) bond motifs is 1. The third-order valence-corrected chi connectivity index (χ3v) is 6.94. The monoisotopic (exact) mass is 487 g/mol. The first-order valence-corrected chi connectivity index (χ1v) is 11.8. The van der Waals surface area contributed by atoms with E-state index in [1.54, 1.807) is 0 Å². The number of imidazole rings is 1. The Morgan fingerprint density at radius 2 is 1.75 bits per heavy atom. The smallest absolute Gasteiger partial charge is 0.227 e. The molecule has 4 aromatic rings. The van der Waals surface area contributed by atoms with Gasteiger partial charge in [0.15, 0.2) is 0 Å². The minimum atomic E-state index is 0.0555. The third kappa shape index (κ3) is 3.75. The van der Waals surface area contributed by atoms with E-state index < -0.39 is 0 Å². The Morgan fingerprint density at radius 1 is 1.00 bits per heavy atom. The van der Waals surface area contributed by atoms with E-state index in [-0.39, 0.29) is 11.8 Å². The molecular formula is C27H26BrN3O. The van der Waals surface area contributed by atoms with Crippen LogP contribution in [0.2, 0.25) is 0 Å². The van der Waals surface area contributed by atoms with Gasteiger partial charge in [-0.25, -0.2) is 4.98 Å². The predicted octanol–water partition coefficient (Wildman–Crippen LogP) is 6.29. The van der Waals surface area contributed by atoms with Gasteiger partial charge in [0.25, 0.3) is 0 Å². The second-order valence-electron chi connectivity index (χ2n) is 8.81. The molecule has 1 aliphatic rings. The van der Waals surface area contributed by atoms with Crippen molar-refractivity contribution in [2.45, 2.75) is 39.7 Å². The van der Waals surface area contributed by atoms with Crippen molar-refractivity contribution in [2.75, 3.05) is 11.4 Å². The van der Waals surface area contributed by atoms with Gasteiger partial charge in [0.05, 0.1) is 11.0 Å². The molecule has 1 aromatic heterocycles. The van der Waals surface area contributed by atoms with Crippen LogP contribution in [-0.2, 0) is 11.3 Å². The van der Waals surface area contributed by atoms with Gasteiger partial charge in [-0.15, -0.1) is 0 Å². The van der Waals surface area contributed by atoms with Crippen LogP contribution in [0, 0.1) is 20.8 Å². The summed E-state index contributed by atoms with van der Waals surface area (Å²) in [5.41, 5.74) is 8.24. The molecule has 1 fully saturated rings. The SMILES string of the molecule is Cc1cc(C)c(Cn2c(C3CC(=O)N(c4cccc(Br)c4)C3)nc3ccccc32)c(C)c1. The molecule has 0 radical (unpaired) electrons.